The standard InChI is InChI=1S/C7H6F5NO/c8-6(9,7(10,11)12)5(13)4-2-1-3-14-4/h1-3,5H,13H2. The van der Waals surface area contributed by atoms with Crippen LogP contribution in [0.1, 0.15) is 11.8 Å². The van der Waals surface area contributed by atoms with Crippen LogP contribution in [0.2, 0.25) is 0 Å². The Morgan fingerprint density at radius 3 is 2.14 bits per heavy atom. The van der Waals surface area contributed by atoms with E-state index >= 15 is 0 Å². The van der Waals surface area contributed by atoms with Crippen molar-refractivity contribution >= 4 is 0 Å². The summed E-state index contributed by atoms with van der Waals surface area (Å²) in [6.45, 7) is 0. The Kier molecular flexibility index (Phi) is 2.53. The molecule has 1 atom stereocenters. The van der Waals surface area contributed by atoms with Crippen LogP contribution < -0.4 is 5.73 Å². The van der Waals surface area contributed by atoms with Crippen molar-refractivity contribution in [3.63, 3.8) is 0 Å². The molecule has 0 aromatic carbocycles. The monoisotopic (exact) mass is 215 g/mol. The molecule has 0 bridgehead atoms. The van der Waals surface area contributed by atoms with Gasteiger partial charge in [0.2, 0.25) is 0 Å². The van der Waals surface area contributed by atoms with E-state index in [-0.39, 0.29) is 0 Å². The first-order valence-electron chi connectivity index (χ1n) is 3.50. The lowest BCUT2D eigenvalue weighted by Gasteiger charge is -2.23. The molecule has 80 valence electrons. The highest BCUT2D eigenvalue weighted by Gasteiger charge is 2.62. The Hall–Kier alpha value is -1.11. The van der Waals surface area contributed by atoms with Gasteiger partial charge in [0.15, 0.2) is 0 Å². The van der Waals surface area contributed by atoms with E-state index in [1.165, 1.54) is 6.07 Å². The molecule has 1 unspecified atom stereocenters. The van der Waals surface area contributed by atoms with Crippen LogP contribution in [0.5, 0.6) is 0 Å². The van der Waals surface area contributed by atoms with Crippen LogP contribution >= 0.6 is 0 Å². The number of rotatable bonds is 2. The highest BCUT2D eigenvalue weighted by atomic mass is 19.4. The fourth-order valence-electron chi connectivity index (χ4n) is 0.823. The van der Waals surface area contributed by atoms with Crippen molar-refractivity contribution in [1.82, 2.24) is 0 Å². The number of nitrogens with two attached hydrogens (primary N) is 1. The normalized spacial score (nSPS) is 15.6. The summed E-state index contributed by atoms with van der Waals surface area (Å²) in [5.74, 6) is -5.60. The van der Waals surface area contributed by atoms with Crippen molar-refractivity contribution in [1.29, 1.82) is 0 Å². The third-order valence-electron chi connectivity index (χ3n) is 1.62. The van der Waals surface area contributed by atoms with E-state index in [4.69, 9.17) is 5.73 Å². The molecule has 0 aliphatic carbocycles. The van der Waals surface area contributed by atoms with Gasteiger partial charge in [0.25, 0.3) is 0 Å². The average Bonchev–Trinajstić information content (AvgIpc) is 2.52. The fraction of sp³-hybridized carbons (Fsp3) is 0.429. The molecule has 0 saturated heterocycles. The summed E-state index contributed by atoms with van der Waals surface area (Å²) in [5, 5.41) is 0. The van der Waals surface area contributed by atoms with Crippen LogP contribution in [0.15, 0.2) is 22.8 Å². The highest BCUT2D eigenvalue weighted by molar-refractivity contribution is 5.09. The number of hydrogen-bond donors (Lipinski definition) is 1. The minimum atomic E-state index is -5.68. The molecule has 0 radical (unpaired) electrons. The lowest BCUT2D eigenvalue weighted by Crippen LogP contribution is -2.45. The third kappa shape index (κ3) is 1.72. The zero-order valence-corrected chi connectivity index (χ0v) is 6.68. The lowest BCUT2D eigenvalue weighted by molar-refractivity contribution is -0.292. The molecule has 0 amide bonds. The molecule has 0 aliphatic heterocycles. The van der Waals surface area contributed by atoms with E-state index in [1.807, 2.05) is 0 Å². The van der Waals surface area contributed by atoms with Crippen LogP contribution in [-0.2, 0) is 0 Å². The number of furan rings is 1. The summed E-state index contributed by atoms with van der Waals surface area (Å²) in [4.78, 5) is 0. The Labute approximate surface area is 75.5 Å². The van der Waals surface area contributed by atoms with Crippen molar-refractivity contribution in [2.24, 2.45) is 5.73 Å². The predicted molar refractivity (Wildman–Crippen MR) is 36.6 cm³/mol. The predicted octanol–water partition coefficient (Wildman–Crippen LogP) is 2.48. The first kappa shape index (κ1) is 11.0. The zero-order valence-electron chi connectivity index (χ0n) is 6.68. The van der Waals surface area contributed by atoms with E-state index in [1.54, 1.807) is 0 Å². The van der Waals surface area contributed by atoms with Gasteiger partial charge in [-0.3, -0.25) is 0 Å². The molecule has 0 spiro atoms. The fourth-order valence-corrected chi connectivity index (χ4v) is 0.823. The Balaban J connectivity index is 2.94. The van der Waals surface area contributed by atoms with Gasteiger partial charge in [0.1, 0.15) is 11.8 Å². The van der Waals surface area contributed by atoms with Crippen LogP contribution in [-0.4, -0.2) is 12.1 Å². The van der Waals surface area contributed by atoms with E-state index in [0.717, 1.165) is 12.3 Å². The quantitative estimate of drug-likeness (QED) is 0.769. The van der Waals surface area contributed by atoms with Crippen molar-refractivity contribution in [2.75, 3.05) is 0 Å². The van der Waals surface area contributed by atoms with E-state index in [2.05, 4.69) is 4.42 Å². The van der Waals surface area contributed by atoms with Crippen LogP contribution in [0.3, 0.4) is 0 Å². The third-order valence-corrected chi connectivity index (χ3v) is 1.62. The molecule has 0 aliphatic rings. The Morgan fingerprint density at radius 1 is 1.21 bits per heavy atom. The van der Waals surface area contributed by atoms with Gasteiger partial charge >= 0.3 is 12.1 Å². The molecule has 14 heavy (non-hydrogen) atoms. The second-order valence-electron chi connectivity index (χ2n) is 2.61. The average molecular weight is 215 g/mol. The van der Waals surface area contributed by atoms with Crippen LogP contribution in [0.25, 0.3) is 0 Å². The van der Waals surface area contributed by atoms with Gasteiger partial charge in [-0.25, -0.2) is 0 Å². The second kappa shape index (κ2) is 3.23. The molecule has 0 saturated carbocycles. The molecule has 1 heterocycles. The number of alkyl halides is 5. The van der Waals surface area contributed by atoms with Gasteiger partial charge in [0, 0.05) is 0 Å². The first-order valence-corrected chi connectivity index (χ1v) is 3.50. The van der Waals surface area contributed by atoms with Crippen molar-refractivity contribution in [3.8, 4) is 0 Å². The molecule has 1 rings (SSSR count). The van der Waals surface area contributed by atoms with Gasteiger partial charge in [-0.15, -0.1) is 0 Å². The maximum Gasteiger partial charge on any atom is 0.455 e. The topological polar surface area (TPSA) is 39.2 Å². The highest BCUT2D eigenvalue weighted by Crippen LogP contribution is 2.43. The first-order chi connectivity index (χ1) is 6.27. The van der Waals surface area contributed by atoms with Gasteiger partial charge in [-0.1, -0.05) is 0 Å². The second-order valence-corrected chi connectivity index (χ2v) is 2.61. The van der Waals surface area contributed by atoms with Gasteiger partial charge in [0.05, 0.1) is 6.26 Å². The van der Waals surface area contributed by atoms with E-state index in [0.29, 0.717) is 0 Å². The summed E-state index contributed by atoms with van der Waals surface area (Å²) in [5.41, 5.74) is 4.74. The molecule has 1 aromatic heterocycles. The zero-order chi connectivity index (χ0) is 11.0. The summed E-state index contributed by atoms with van der Waals surface area (Å²) in [6, 6.07) is -0.371. The molecule has 2 N–H and O–H groups in total. The number of halogens is 5. The summed E-state index contributed by atoms with van der Waals surface area (Å²) >= 11 is 0. The van der Waals surface area contributed by atoms with Crippen LogP contribution in [0, 0.1) is 0 Å². The maximum absolute atomic E-state index is 12.6. The SMILES string of the molecule is NC(c1ccco1)C(F)(F)C(F)(F)F. The van der Waals surface area contributed by atoms with Crippen molar-refractivity contribution in [2.45, 2.75) is 18.1 Å². The van der Waals surface area contributed by atoms with E-state index in [9.17, 15) is 22.0 Å². The van der Waals surface area contributed by atoms with Gasteiger partial charge in [-0.05, 0) is 12.1 Å². The van der Waals surface area contributed by atoms with Gasteiger partial charge < -0.3 is 10.2 Å². The molecule has 1 aromatic rings. The summed E-state index contributed by atoms with van der Waals surface area (Å²) in [6.07, 6.45) is -4.71. The Bertz CT molecular complexity index is 292. The van der Waals surface area contributed by atoms with Crippen molar-refractivity contribution in [3.05, 3.63) is 24.2 Å². The minimum absolute atomic E-state index is 0.604. The summed E-state index contributed by atoms with van der Waals surface area (Å²) in [7, 11) is 0. The Morgan fingerprint density at radius 2 is 1.79 bits per heavy atom. The van der Waals surface area contributed by atoms with Gasteiger partial charge in [-0.2, -0.15) is 22.0 Å². The molecular formula is C7H6F5NO. The molecular weight excluding hydrogens is 209 g/mol. The molecule has 7 heteroatoms. The lowest BCUT2D eigenvalue weighted by atomic mass is 10.1. The van der Waals surface area contributed by atoms with E-state index < -0.39 is 23.9 Å². The van der Waals surface area contributed by atoms with Crippen LogP contribution in [0.4, 0.5) is 22.0 Å². The minimum Gasteiger partial charge on any atom is -0.467 e. The summed E-state index contributed by atoms with van der Waals surface area (Å²) < 4.78 is 64.9. The largest absolute Gasteiger partial charge is 0.467 e. The molecule has 2 nitrogen and oxygen atoms in total. The van der Waals surface area contributed by atoms with Crippen molar-refractivity contribution < 1.29 is 26.4 Å². The maximum atomic E-state index is 12.6. The number of hydrogen-bond acceptors (Lipinski definition) is 2. The molecule has 0 fully saturated rings. The smallest absolute Gasteiger partial charge is 0.455 e.